The lowest BCUT2D eigenvalue weighted by atomic mass is 10.2. The second-order valence-electron chi connectivity index (χ2n) is 5.40. The number of carbonyl (C=O) groups is 1. The van der Waals surface area contributed by atoms with E-state index in [1.165, 1.54) is 36.3 Å². The predicted molar refractivity (Wildman–Crippen MR) is 83.4 cm³/mol. The number of ether oxygens (including phenoxy) is 1. The molecule has 0 aliphatic carbocycles. The molecule has 0 fully saturated rings. The van der Waals surface area contributed by atoms with Crippen LogP contribution in [0.4, 0.5) is 13.2 Å². The number of nitrogens with zero attached hydrogens (tertiary/aromatic N) is 5. The van der Waals surface area contributed by atoms with E-state index >= 15 is 0 Å². The molecule has 3 aromatic heterocycles. The highest BCUT2D eigenvalue weighted by molar-refractivity contribution is 5.90. The van der Waals surface area contributed by atoms with Gasteiger partial charge in [0.25, 0.3) is 0 Å². The summed E-state index contributed by atoms with van der Waals surface area (Å²) in [5, 5.41) is 15.4. The summed E-state index contributed by atoms with van der Waals surface area (Å²) < 4.78 is 44.6. The highest BCUT2D eigenvalue weighted by Gasteiger charge is 2.31. The fourth-order valence-electron chi connectivity index (χ4n) is 2.22. The van der Waals surface area contributed by atoms with Crippen molar-refractivity contribution in [2.24, 2.45) is 0 Å². The number of hydrogen-bond donors (Lipinski definition) is 0. The van der Waals surface area contributed by atoms with E-state index in [1.54, 1.807) is 0 Å². The Balaban J connectivity index is 1.76. The van der Waals surface area contributed by atoms with Crippen molar-refractivity contribution in [2.45, 2.75) is 19.7 Å². The number of alkyl halides is 3. The van der Waals surface area contributed by atoms with E-state index < -0.39 is 17.7 Å². The Morgan fingerprint density at radius 2 is 2.07 bits per heavy atom. The standard InChI is InChI=1S/C16H12F3N5O3/c1-10-12(15(25)27-9-14-20-5-2-6-23(14)26)8-22-24(10)13-4-3-11(7-21-13)16(17,18)19/h2-8H,9H2,1H3. The summed E-state index contributed by atoms with van der Waals surface area (Å²) in [5.74, 6) is -0.640. The summed E-state index contributed by atoms with van der Waals surface area (Å²) in [5.41, 5.74) is -0.481. The zero-order chi connectivity index (χ0) is 19.6. The number of rotatable bonds is 4. The minimum Gasteiger partial charge on any atom is -0.711 e. The van der Waals surface area contributed by atoms with E-state index in [0.29, 0.717) is 16.6 Å². The van der Waals surface area contributed by atoms with Gasteiger partial charge in [-0.15, -0.1) is 0 Å². The highest BCUT2D eigenvalue weighted by atomic mass is 19.4. The summed E-state index contributed by atoms with van der Waals surface area (Å²) in [7, 11) is 0. The van der Waals surface area contributed by atoms with Gasteiger partial charge in [-0.25, -0.2) is 19.2 Å². The second kappa shape index (κ2) is 7.02. The van der Waals surface area contributed by atoms with E-state index in [2.05, 4.69) is 15.1 Å². The Bertz CT molecular complexity index is 970. The molecule has 0 radical (unpaired) electrons. The minimum absolute atomic E-state index is 0.000279. The third-order valence-corrected chi connectivity index (χ3v) is 3.64. The fourth-order valence-corrected chi connectivity index (χ4v) is 2.22. The van der Waals surface area contributed by atoms with Crippen LogP contribution in [-0.2, 0) is 17.5 Å². The number of hydrogen-bond acceptors (Lipinski definition) is 6. The van der Waals surface area contributed by atoms with E-state index in [9.17, 15) is 23.2 Å². The van der Waals surface area contributed by atoms with Crippen LogP contribution >= 0.6 is 0 Å². The molecule has 0 unspecified atom stereocenters. The van der Waals surface area contributed by atoms with Crippen molar-refractivity contribution in [1.82, 2.24) is 19.7 Å². The molecule has 8 nitrogen and oxygen atoms in total. The smallest absolute Gasteiger partial charge is 0.417 e. The molecule has 3 heterocycles. The van der Waals surface area contributed by atoms with Gasteiger partial charge in [-0.1, -0.05) is 0 Å². The average molecular weight is 379 g/mol. The van der Waals surface area contributed by atoms with Gasteiger partial charge in [0.2, 0.25) is 0 Å². The normalized spacial score (nSPS) is 11.4. The van der Waals surface area contributed by atoms with E-state index in [4.69, 9.17) is 4.74 Å². The maximum Gasteiger partial charge on any atom is 0.417 e. The molecule has 140 valence electrons. The molecule has 3 rings (SSSR count). The Labute approximate surface area is 150 Å². The Morgan fingerprint density at radius 3 is 2.70 bits per heavy atom. The first-order valence-corrected chi connectivity index (χ1v) is 7.56. The van der Waals surface area contributed by atoms with Crippen LogP contribution in [0.5, 0.6) is 0 Å². The van der Waals surface area contributed by atoms with Gasteiger partial charge in [-0.3, -0.25) is 0 Å². The maximum absolute atomic E-state index is 12.6. The van der Waals surface area contributed by atoms with E-state index in [0.717, 1.165) is 12.1 Å². The third-order valence-electron chi connectivity index (χ3n) is 3.64. The molecule has 3 aromatic rings. The number of esters is 1. The lowest BCUT2D eigenvalue weighted by Crippen LogP contribution is -2.33. The molecule has 0 atom stereocenters. The van der Waals surface area contributed by atoms with Crippen LogP contribution in [0.1, 0.15) is 27.4 Å². The molecule has 0 spiro atoms. The topological polar surface area (TPSA) is 96.8 Å². The Kier molecular flexibility index (Phi) is 4.75. The molecule has 0 saturated carbocycles. The molecule has 0 N–H and O–H groups in total. The van der Waals surface area contributed by atoms with Crippen LogP contribution in [0.25, 0.3) is 5.82 Å². The van der Waals surface area contributed by atoms with Crippen LogP contribution in [0.15, 0.2) is 43.0 Å². The van der Waals surface area contributed by atoms with Crippen molar-refractivity contribution < 1.29 is 27.4 Å². The van der Waals surface area contributed by atoms with Crippen molar-refractivity contribution in [3.63, 3.8) is 0 Å². The molecule has 0 saturated heterocycles. The first-order valence-electron chi connectivity index (χ1n) is 7.56. The van der Waals surface area contributed by atoms with E-state index in [-0.39, 0.29) is 23.8 Å². The number of carbonyl (C=O) groups excluding carboxylic acids is 1. The molecule has 0 aliphatic rings. The quantitative estimate of drug-likeness (QED) is 0.391. The van der Waals surface area contributed by atoms with Crippen LogP contribution < -0.4 is 4.73 Å². The van der Waals surface area contributed by atoms with Crippen molar-refractivity contribution >= 4 is 5.97 Å². The van der Waals surface area contributed by atoms with Gasteiger partial charge in [-0.2, -0.15) is 18.3 Å². The lowest BCUT2D eigenvalue weighted by Gasteiger charge is -2.08. The zero-order valence-electron chi connectivity index (χ0n) is 13.8. The molecular weight excluding hydrogens is 367 g/mol. The van der Waals surface area contributed by atoms with Gasteiger partial charge in [0.15, 0.2) is 12.4 Å². The average Bonchev–Trinajstić information content (AvgIpc) is 3.02. The maximum atomic E-state index is 12.6. The van der Waals surface area contributed by atoms with E-state index in [1.807, 2.05) is 0 Å². The molecule has 0 bridgehead atoms. The predicted octanol–water partition coefficient (Wildman–Crippen LogP) is 1.98. The summed E-state index contributed by atoms with van der Waals surface area (Å²) in [6.07, 6.45) is -0.000375. The largest absolute Gasteiger partial charge is 0.711 e. The van der Waals surface area contributed by atoms with Crippen molar-refractivity contribution in [3.8, 4) is 5.82 Å². The van der Waals surface area contributed by atoms with Crippen molar-refractivity contribution in [3.05, 3.63) is 70.8 Å². The van der Waals surface area contributed by atoms with Crippen LogP contribution in [-0.4, -0.2) is 25.7 Å². The van der Waals surface area contributed by atoms with Crippen molar-refractivity contribution in [2.75, 3.05) is 0 Å². The molecule has 0 aliphatic heterocycles. The fraction of sp³-hybridized carbons (Fsp3) is 0.188. The van der Waals surface area contributed by atoms with Gasteiger partial charge < -0.3 is 9.94 Å². The van der Waals surface area contributed by atoms with Gasteiger partial charge in [0.05, 0.1) is 23.7 Å². The number of halogens is 3. The highest BCUT2D eigenvalue weighted by Crippen LogP contribution is 2.28. The van der Waals surface area contributed by atoms with Crippen LogP contribution in [0.2, 0.25) is 0 Å². The van der Waals surface area contributed by atoms with Gasteiger partial charge in [-0.05, 0) is 24.0 Å². The summed E-state index contributed by atoms with van der Waals surface area (Å²) in [6.45, 7) is 1.20. The first kappa shape index (κ1) is 18.3. The molecule has 11 heteroatoms. The zero-order valence-corrected chi connectivity index (χ0v) is 13.8. The molecular formula is C16H12F3N5O3. The summed E-state index contributed by atoms with van der Waals surface area (Å²) in [6, 6.07) is 3.45. The minimum atomic E-state index is -4.50. The molecule has 27 heavy (non-hydrogen) atoms. The van der Waals surface area contributed by atoms with Crippen LogP contribution in [0, 0.1) is 12.1 Å². The Morgan fingerprint density at radius 1 is 1.30 bits per heavy atom. The molecule has 0 aromatic carbocycles. The SMILES string of the molecule is Cc1c(C(=O)OCc2nccc[n+]2[O-])cnn1-c1ccc(C(F)(F)F)cn1. The summed E-state index contributed by atoms with van der Waals surface area (Å²) >= 11 is 0. The van der Waals surface area contributed by atoms with Gasteiger partial charge >= 0.3 is 18.0 Å². The number of pyridine rings is 1. The van der Waals surface area contributed by atoms with Crippen LogP contribution in [0.3, 0.4) is 0 Å². The third kappa shape index (κ3) is 3.86. The first-order chi connectivity index (χ1) is 12.8. The molecule has 0 amide bonds. The van der Waals surface area contributed by atoms with Gasteiger partial charge in [0.1, 0.15) is 11.8 Å². The lowest BCUT2D eigenvalue weighted by molar-refractivity contribution is -0.620. The van der Waals surface area contributed by atoms with Gasteiger partial charge in [0, 0.05) is 12.3 Å². The monoisotopic (exact) mass is 379 g/mol. The number of aromatic nitrogens is 5. The Hall–Kier alpha value is -3.50. The van der Waals surface area contributed by atoms with Crippen molar-refractivity contribution in [1.29, 1.82) is 0 Å². The summed E-state index contributed by atoms with van der Waals surface area (Å²) in [4.78, 5) is 19.7. The second-order valence-corrected chi connectivity index (χ2v) is 5.40.